The van der Waals surface area contributed by atoms with Gasteiger partial charge in [-0.25, -0.2) is 0 Å². The van der Waals surface area contributed by atoms with Crippen LogP contribution in [-0.2, 0) is 4.74 Å². The first-order chi connectivity index (χ1) is 9.22. The Morgan fingerprint density at radius 2 is 1.79 bits per heavy atom. The number of nitrogens with one attached hydrogen (secondary N) is 1. The lowest BCUT2D eigenvalue weighted by Gasteiger charge is -2.30. The van der Waals surface area contributed by atoms with E-state index in [1.165, 1.54) is 16.7 Å². The van der Waals surface area contributed by atoms with Crippen molar-refractivity contribution < 1.29 is 4.74 Å². The van der Waals surface area contributed by atoms with E-state index in [-0.39, 0.29) is 6.23 Å². The summed E-state index contributed by atoms with van der Waals surface area (Å²) in [6.45, 7) is 4.20. The van der Waals surface area contributed by atoms with Crippen LogP contribution in [0.15, 0.2) is 59.4 Å². The topological polar surface area (TPSA) is 21.3 Å². The van der Waals surface area contributed by atoms with Crippen molar-refractivity contribution in [2.24, 2.45) is 0 Å². The van der Waals surface area contributed by atoms with Crippen molar-refractivity contribution in [2.75, 3.05) is 5.32 Å². The molecular weight excluding hydrogens is 234 g/mol. The third-order valence-corrected chi connectivity index (χ3v) is 3.54. The second-order valence-electron chi connectivity index (χ2n) is 5.20. The minimum atomic E-state index is -0.0655. The number of hydrogen-bond acceptors (Lipinski definition) is 2. The van der Waals surface area contributed by atoms with E-state index in [1.807, 2.05) is 0 Å². The monoisotopic (exact) mass is 253 g/mol. The van der Waals surface area contributed by atoms with Crippen LogP contribution >= 0.6 is 0 Å². The van der Waals surface area contributed by atoms with E-state index in [2.05, 4.69) is 61.7 Å². The van der Waals surface area contributed by atoms with E-state index in [9.17, 15) is 0 Å². The summed E-state index contributed by atoms with van der Waals surface area (Å²) in [5.74, 6) is 1.02. The fourth-order valence-electron chi connectivity index (χ4n) is 2.40. The molecule has 1 heterocycles. The quantitative estimate of drug-likeness (QED) is 0.847. The van der Waals surface area contributed by atoms with Gasteiger partial charge < -0.3 is 10.1 Å². The molecule has 1 aliphatic carbocycles. The molecule has 0 radical (unpaired) electrons. The van der Waals surface area contributed by atoms with Crippen molar-refractivity contribution in [2.45, 2.75) is 32.9 Å². The molecule has 3 rings (SSSR count). The van der Waals surface area contributed by atoms with Crippen molar-refractivity contribution in [3.8, 4) is 0 Å². The lowest BCUT2D eigenvalue weighted by Crippen LogP contribution is -2.28. The number of rotatable bonds is 2. The van der Waals surface area contributed by atoms with Crippen molar-refractivity contribution >= 4 is 5.69 Å². The van der Waals surface area contributed by atoms with E-state index in [0.717, 1.165) is 24.3 Å². The summed E-state index contributed by atoms with van der Waals surface area (Å²) >= 11 is 0. The second-order valence-corrected chi connectivity index (χ2v) is 5.20. The lowest BCUT2D eigenvalue weighted by molar-refractivity contribution is 0.166. The van der Waals surface area contributed by atoms with Crippen LogP contribution in [-0.4, -0.2) is 6.23 Å². The summed E-state index contributed by atoms with van der Waals surface area (Å²) in [4.78, 5) is 0. The predicted octanol–water partition coefficient (Wildman–Crippen LogP) is 4.31. The van der Waals surface area contributed by atoms with Crippen molar-refractivity contribution in [1.29, 1.82) is 0 Å². The fraction of sp³-hybridized carbons (Fsp3) is 0.294. The molecule has 0 saturated heterocycles. The van der Waals surface area contributed by atoms with E-state index in [0.29, 0.717) is 0 Å². The van der Waals surface area contributed by atoms with E-state index in [1.54, 1.807) is 0 Å². The third kappa shape index (κ3) is 2.58. The molecule has 1 aromatic rings. The molecule has 0 saturated carbocycles. The molecule has 2 heteroatoms. The highest BCUT2D eigenvalue weighted by molar-refractivity contribution is 5.50. The number of ether oxygens (including phenoxy) is 1. The van der Waals surface area contributed by atoms with Gasteiger partial charge in [0.15, 0.2) is 6.23 Å². The van der Waals surface area contributed by atoms with Crippen LogP contribution < -0.4 is 5.32 Å². The molecule has 2 nitrogen and oxygen atoms in total. The predicted molar refractivity (Wildman–Crippen MR) is 78.8 cm³/mol. The van der Waals surface area contributed by atoms with Gasteiger partial charge in [0, 0.05) is 11.3 Å². The zero-order valence-corrected chi connectivity index (χ0v) is 11.4. The summed E-state index contributed by atoms with van der Waals surface area (Å²) in [5, 5.41) is 3.43. The Labute approximate surface area is 114 Å². The molecule has 0 bridgehead atoms. The maximum Gasteiger partial charge on any atom is 0.192 e. The molecule has 0 aromatic heterocycles. The number of fused-ring (bicyclic) bond motifs is 1. The van der Waals surface area contributed by atoms with E-state index in [4.69, 9.17) is 4.74 Å². The molecule has 1 unspecified atom stereocenters. The third-order valence-electron chi connectivity index (χ3n) is 3.54. The molecule has 1 aliphatic heterocycles. The standard InChI is InChI=1S/C17H19NO/c1-12-7-9-15(10-8-12)18-17-13(2)11-14-5-3-4-6-16(14)19-17/h5-11,17-18H,3-4H2,1-2H3. The molecule has 1 atom stereocenters. The largest absolute Gasteiger partial charge is 0.467 e. The molecule has 19 heavy (non-hydrogen) atoms. The van der Waals surface area contributed by atoms with Gasteiger partial charge in [-0.15, -0.1) is 0 Å². The molecule has 98 valence electrons. The summed E-state index contributed by atoms with van der Waals surface area (Å²) in [6.07, 6.45) is 8.78. The van der Waals surface area contributed by atoms with Gasteiger partial charge >= 0.3 is 0 Å². The van der Waals surface area contributed by atoms with E-state index < -0.39 is 0 Å². The van der Waals surface area contributed by atoms with Gasteiger partial charge in [-0.2, -0.15) is 0 Å². The zero-order valence-electron chi connectivity index (χ0n) is 11.4. The molecule has 0 spiro atoms. The van der Waals surface area contributed by atoms with Crippen LogP contribution in [0.4, 0.5) is 5.69 Å². The molecule has 1 aromatic carbocycles. The van der Waals surface area contributed by atoms with Crippen molar-refractivity contribution in [3.05, 3.63) is 65.0 Å². The summed E-state index contributed by atoms with van der Waals surface area (Å²) in [6, 6.07) is 8.39. The Balaban J connectivity index is 1.80. The van der Waals surface area contributed by atoms with Crippen LogP contribution in [0.5, 0.6) is 0 Å². The Morgan fingerprint density at radius 3 is 2.58 bits per heavy atom. The maximum absolute atomic E-state index is 6.05. The highest BCUT2D eigenvalue weighted by atomic mass is 16.5. The van der Waals surface area contributed by atoms with Crippen molar-refractivity contribution in [3.63, 3.8) is 0 Å². The first kappa shape index (κ1) is 12.1. The van der Waals surface area contributed by atoms with Crippen LogP contribution in [0.3, 0.4) is 0 Å². The normalized spacial score (nSPS) is 21.6. The Bertz CT molecular complexity index is 563. The molecule has 0 fully saturated rings. The number of hydrogen-bond donors (Lipinski definition) is 1. The molecular formula is C17H19NO. The summed E-state index contributed by atoms with van der Waals surface area (Å²) < 4.78 is 6.05. The van der Waals surface area contributed by atoms with Gasteiger partial charge in [-0.05, 0) is 56.5 Å². The highest BCUT2D eigenvalue weighted by Gasteiger charge is 2.22. The molecule has 1 N–H and O–H groups in total. The molecule has 0 amide bonds. The Morgan fingerprint density at radius 1 is 1.05 bits per heavy atom. The van der Waals surface area contributed by atoms with Gasteiger partial charge in [-0.1, -0.05) is 23.8 Å². The summed E-state index contributed by atoms with van der Waals surface area (Å²) in [5.41, 5.74) is 4.80. The van der Waals surface area contributed by atoms with Gasteiger partial charge in [0.1, 0.15) is 5.76 Å². The van der Waals surface area contributed by atoms with E-state index >= 15 is 0 Å². The fourth-order valence-corrected chi connectivity index (χ4v) is 2.40. The zero-order chi connectivity index (χ0) is 13.2. The molecule has 2 aliphatic rings. The SMILES string of the molecule is CC1=CC2=CCCC=C2OC1Nc1ccc(C)cc1. The minimum Gasteiger partial charge on any atom is -0.467 e. The first-order valence-corrected chi connectivity index (χ1v) is 6.81. The number of allylic oxidation sites excluding steroid dienone is 3. The first-order valence-electron chi connectivity index (χ1n) is 6.81. The maximum atomic E-state index is 6.05. The average Bonchev–Trinajstić information content (AvgIpc) is 2.42. The minimum absolute atomic E-state index is 0.0655. The number of anilines is 1. The average molecular weight is 253 g/mol. The summed E-state index contributed by atoms with van der Waals surface area (Å²) in [7, 11) is 0. The number of aryl methyl sites for hydroxylation is 1. The lowest BCUT2D eigenvalue weighted by atomic mass is 9.99. The smallest absolute Gasteiger partial charge is 0.192 e. The second kappa shape index (κ2) is 4.96. The van der Waals surface area contributed by atoms with Gasteiger partial charge in [0.25, 0.3) is 0 Å². The Hall–Kier alpha value is -1.96. The Kier molecular flexibility index (Phi) is 3.16. The number of benzene rings is 1. The van der Waals surface area contributed by atoms with Gasteiger partial charge in [-0.3, -0.25) is 0 Å². The van der Waals surface area contributed by atoms with Crippen LogP contribution in [0, 0.1) is 6.92 Å². The van der Waals surface area contributed by atoms with Crippen LogP contribution in [0.25, 0.3) is 0 Å². The van der Waals surface area contributed by atoms with Crippen molar-refractivity contribution in [1.82, 2.24) is 0 Å². The van der Waals surface area contributed by atoms with Crippen LogP contribution in [0.2, 0.25) is 0 Å². The van der Waals surface area contributed by atoms with Gasteiger partial charge in [0.2, 0.25) is 0 Å². The highest BCUT2D eigenvalue weighted by Crippen LogP contribution is 2.30. The van der Waals surface area contributed by atoms with Crippen LogP contribution in [0.1, 0.15) is 25.3 Å². The van der Waals surface area contributed by atoms with Gasteiger partial charge in [0.05, 0.1) is 0 Å².